The molecule has 0 amide bonds. The highest BCUT2D eigenvalue weighted by Crippen LogP contribution is 2.34. The Kier molecular flexibility index (Phi) is 6.18. The second-order valence-corrected chi connectivity index (χ2v) is 6.03. The van der Waals surface area contributed by atoms with Crippen molar-refractivity contribution in [3.63, 3.8) is 0 Å². The predicted molar refractivity (Wildman–Crippen MR) is 94.0 cm³/mol. The molecule has 1 N–H and O–H groups in total. The van der Waals surface area contributed by atoms with Crippen molar-refractivity contribution < 1.29 is 40.2 Å². The number of hydrogen-bond acceptors (Lipinski definition) is 5. The maximum atomic E-state index is 13.4. The Bertz CT molecular complexity index is 1040. The van der Waals surface area contributed by atoms with Crippen LogP contribution >= 0.6 is 0 Å². The molecule has 12 heteroatoms. The standard InChI is InChI=1S/C19H12F7N3O2/c20-15-6-5-13(7-14(15)18(21,22)23)30-17-8-16(28-10-29-17)27-9-11-1-3-12(4-2-11)31-19(24,25)26/h1-8,10H,9H2,(H,27,28,29). The van der Waals surface area contributed by atoms with Crippen molar-refractivity contribution in [1.82, 2.24) is 9.97 Å². The summed E-state index contributed by atoms with van der Waals surface area (Å²) >= 11 is 0. The van der Waals surface area contributed by atoms with Crippen molar-refractivity contribution in [3.8, 4) is 17.4 Å². The van der Waals surface area contributed by atoms with Gasteiger partial charge in [-0.3, -0.25) is 0 Å². The van der Waals surface area contributed by atoms with E-state index >= 15 is 0 Å². The second-order valence-electron chi connectivity index (χ2n) is 6.03. The van der Waals surface area contributed by atoms with E-state index in [0.29, 0.717) is 17.7 Å². The van der Waals surface area contributed by atoms with Gasteiger partial charge in [0.15, 0.2) is 0 Å². The van der Waals surface area contributed by atoms with Gasteiger partial charge in [0.2, 0.25) is 5.88 Å². The lowest BCUT2D eigenvalue weighted by Crippen LogP contribution is -2.17. The Morgan fingerprint density at radius 2 is 1.52 bits per heavy atom. The van der Waals surface area contributed by atoms with Crippen molar-refractivity contribution in [2.75, 3.05) is 5.32 Å². The summed E-state index contributed by atoms with van der Waals surface area (Å²) in [4.78, 5) is 7.70. The molecule has 1 heterocycles. The molecule has 0 aliphatic heterocycles. The van der Waals surface area contributed by atoms with E-state index in [1.807, 2.05) is 0 Å². The number of nitrogens with zero attached hydrogens (tertiary/aromatic N) is 2. The third-order valence-corrected chi connectivity index (χ3v) is 3.74. The van der Waals surface area contributed by atoms with Crippen molar-refractivity contribution >= 4 is 5.82 Å². The van der Waals surface area contributed by atoms with E-state index in [2.05, 4.69) is 20.0 Å². The van der Waals surface area contributed by atoms with Crippen LogP contribution in [-0.2, 0) is 12.7 Å². The van der Waals surface area contributed by atoms with E-state index in [0.717, 1.165) is 24.5 Å². The van der Waals surface area contributed by atoms with Crippen molar-refractivity contribution in [1.29, 1.82) is 0 Å². The van der Waals surface area contributed by atoms with Crippen molar-refractivity contribution in [2.24, 2.45) is 0 Å². The van der Waals surface area contributed by atoms with Crippen LogP contribution in [0.2, 0.25) is 0 Å². The number of halogens is 7. The molecular weight excluding hydrogens is 435 g/mol. The lowest BCUT2D eigenvalue weighted by molar-refractivity contribution is -0.274. The van der Waals surface area contributed by atoms with Crippen LogP contribution in [0.1, 0.15) is 11.1 Å². The minimum Gasteiger partial charge on any atom is -0.439 e. The molecule has 0 saturated carbocycles. The first-order valence-electron chi connectivity index (χ1n) is 8.45. The molecule has 0 aliphatic carbocycles. The highest BCUT2D eigenvalue weighted by Gasteiger charge is 2.34. The summed E-state index contributed by atoms with van der Waals surface area (Å²) in [5, 5.41) is 2.87. The molecule has 5 nitrogen and oxygen atoms in total. The van der Waals surface area contributed by atoms with Crippen LogP contribution in [0.15, 0.2) is 54.9 Å². The Hall–Kier alpha value is -3.57. The maximum absolute atomic E-state index is 13.4. The van der Waals surface area contributed by atoms with Gasteiger partial charge in [0, 0.05) is 12.6 Å². The second kappa shape index (κ2) is 8.66. The van der Waals surface area contributed by atoms with E-state index in [1.54, 1.807) is 0 Å². The van der Waals surface area contributed by atoms with Gasteiger partial charge in [-0.05, 0) is 35.9 Å². The normalized spacial score (nSPS) is 11.8. The van der Waals surface area contributed by atoms with Gasteiger partial charge in [0.1, 0.15) is 29.5 Å². The third-order valence-electron chi connectivity index (χ3n) is 3.74. The van der Waals surface area contributed by atoms with Gasteiger partial charge >= 0.3 is 12.5 Å². The van der Waals surface area contributed by atoms with Crippen molar-refractivity contribution in [2.45, 2.75) is 19.1 Å². The van der Waals surface area contributed by atoms with E-state index in [-0.39, 0.29) is 29.7 Å². The number of aromatic nitrogens is 2. The Labute approximate surface area is 170 Å². The lowest BCUT2D eigenvalue weighted by atomic mass is 10.2. The van der Waals surface area contributed by atoms with Gasteiger partial charge in [-0.2, -0.15) is 13.2 Å². The maximum Gasteiger partial charge on any atom is 0.573 e. The predicted octanol–water partition coefficient (Wildman–Crippen LogP) is 5.94. The molecule has 164 valence electrons. The molecule has 0 unspecified atom stereocenters. The van der Waals surface area contributed by atoms with E-state index < -0.39 is 23.9 Å². The molecule has 0 atom stereocenters. The first-order valence-corrected chi connectivity index (χ1v) is 8.45. The molecule has 0 spiro atoms. The summed E-state index contributed by atoms with van der Waals surface area (Å²) < 4.78 is 97.3. The first kappa shape index (κ1) is 22.1. The van der Waals surface area contributed by atoms with E-state index in [4.69, 9.17) is 4.74 Å². The number of hydrogen-bond donors (Lipinski definition) is 1. The molecule has 0 radical (unpaired) electrons. The van der Waals surface area contributed by atoms with Crippen LogP contribution in [0.4, 0.5) is 36.6 Å². The largest absolute Gasteiger partial charge is 0.573 e. The number of benzene rings is 2. The highest BCUT2D eigenvalue weighted by molar-refractivity contribution is 5.41. The monoisotopic (exact) mass is 447 g/mol. The number of anilines is 1. The smallest absolute Gasteiger partial charge is 0.439 e. The molecule has 0 fully saturated rings. The van der Waals surface area contributed by atoms with Crippen LogP contribution in [0.5, 0.6) is 17.4 Å². The zero-order valence-electron chi connectivity index (χ0n) is 15.3. The zero-order valence-corrected chi connectivity index (χ0v) is 15.3. The quantitative estimate of drug-likeness (QED) is 0.474. The van der Waals surface area contributed by atoms with Crippen molar-refractivity contribution in [3.05, 3.63) is 71.8 Å². The topological polar surface area (TPSA) is 56.3 Å². The Balaban J connectivity index is 1.65. The van der Waals surface area contributed by atoms with Gasteiger partial charge in [-0.25, -0.2) is 14.4 Å². The molecular formula is C19H12F7N3O2. The summed E-state index contributed by atoms with van der Waals surface area (Å²) in [5.41, 5.74) is -0.876. The first-order chi connectivity index (χ1) is 14.5. The van der Waals surface area contributed by atoms with Gasteiger partial charge < -0.3 is 14.8 Å². The molecule has 31 heavy (non-hydrogen) atoms. The molecule has 3 aromatic rings. The molecule has 3 rings (SSSR count). The van der Waals surface area contributed by atoms with E-state index in [1.165, 1.54) is 18.2 Å². The van der Waals surface area contributed by atoms with Gasteiger partial charge in [0.25, 0.3) is 0 Å². The summed E-state index contributed by atoms with van der Waals surface area (Å²) in [7, 11) is 0. The van der Waals surface area contributed by atoms with Gasteiger partial charge in [-0.1, -0.05) is 12.1 Å². The van der Waals surface area contributed by atoms with Gasteiger partial charge in [-0.15, -0.1) is 13.2 Å². The SMILES string of the molecule is Fc1ccc(Oc2cc(NCc3ccc(OC(F)(F)F)cc3)ncn2)cc1C(F)(F)F. The fraction of sp³-hybridized carbons (Fsp3) is 0.158. The van der Waals surface area contributed by atoms with Gasteiger partial charge in [0.05, 0.1) is 5.56 Å². The fourth-order valence-corrected chi connectivity index (χ4v) is 2.40. The molecule has 0 bridgehead atoms. The average Bonchev–Trinajstić information content (AvgIpc) is 2.67. The number of rotatable bonds is 6. The van der Waals surface area contributed by atoms with Crippen LogP contribution in [0, 0.1) is 5.82 Å². The van der Waals surface area contributed by atoms with Crippen LogP contribution < -0.4 is 14.8 Å². The summed E-state index contributed by atoms with van der Waals surface area (Å²) in [6.45, 7) is 0.164. The zero-order chi connectivity index (χ0) is 22.6. The Morgan fingerprint density at radius 3 is 2.16 bits per heavy atom. The van der Waals surface area contributed by atoms with Crippen LogP contribution in [0.3, 0.4) is 0 Å². The number of ether oxygens (including phenoxy) is 2. The minimum atomic E-state index is -4.89. The Morgan fingerprint density at radius 1 is 0.839 bits per heavy atom. The minimum absolute atomic E-state index is 0.105. The number of nitrogens with one attached hydrogen (secondary N) is 1. The summed E-state index contributed by atoms with van der Waals surface area (Å²) in [6.07, 6.45) is -8.59. The fourth-order valence-electron chi connectivity index (χ4n) is 2.40. The number of alkyl halides is 6. The molecule has 0 saturated heterocycles. The molecule has 0 aliphatic rings. The summed E-state index contributed by atoms with van der Waals surface area (Å²) in [6, 6.07) is 8.55. The third kappa shape index (κ3) is 6.46. The lowest BCUT2D eigenvalue weighted by Gasteiger charge is -2.12. The van der Waals surface area contributed by atoms with E-state index in [9.17, 15) is 30.7 Å². The average molecular weight is 447 g/mol. The summed E-state index contributed by atoms with van der Waals surface area (Å²) in [5.74, 6) is -1.95. The van der Waals surface area contributed by atoms with Crippen LogP contribution in [-0.4, -0.2) is 16.3 Å². The molecule has 2 aromatic carbocycles. The highest BCUT2D eigenvalue weighted by atomic mass is 19.4. The van der Waals surface area contributed by atoms with Crippen LogP contribution in [0.25, 0.3) is 0 Å². The molecule has 1 aromatic heterocycles.